The monoisotopic (exact) mass is 167 g/mol. The van der Waals surface area contributed by atoms with Crippen molar-refractivity contribution in [2.75, 3.05) is 0 Å². The number of benzene rings is 1. The van der Waals surface area contributed by atoms with E-state index in [4.69, 9.17) is 5.26 Å². The lowest BCUT2D eigenvalue weighted by Crippen LogP contribution is -1.94. The highest BCUT2D eigenvalue weighted by Gasteiger charge is 2.08. The van der Waals surface area contributed by atoms with Gasteiger partial charge in [0.2, 0.25) is 0 Å². The van der Waals surface area contributed by atoms with E-state index in [1.165, 1.54) is 6.07 Å². The summed E-state index contributed by atoms with van der Waals surface area (Å²) in [5, 5.41) is 8.29. The van der Waals surface area contributed by atoms with E-state index in [1.54, 1.807) is 13.0 Å². The molecule has 3 heteroatoms. The second-order valence-electron chi connectivity index (χ2n) is 2.55. The van der Waals surface area contributed by atoms with E-state index in [1.807, 2.05) is 0 Å². The molecule has 0 radical (unpaired) electrons. The number of halogens is 2. The second kappa shape index (κ2) is 3.31. The maximum absolute atomic E-state index is 12.8. The summed E-state index contributed by atoms with van der Waals surface area (Å²) >= 11 is 0. The molecule has 0 aliphatic carbocycles. The molecule has 0 aliphatic heterocycles. The smallest absolute Gasteiger partial charge is 0.163 e. The van der Waals surface area contributed by atoms with Crippen molar-refractivity contribution in [3.05, 3.63) is 34.9 Å². The second-order valence-corrected chi connectivity index (χ2v) is 2.55. The van der Waals surface area contributed by atoms with Gasteiger partial charge in [-0.2, -0.15) is 5.26 Å². The van der Waals surface area contributed by atoms with Crippen LogP contribution in [0.15, 0.2) is 12.1 Å². The quantitative estimate of drug-likeness (QED) is 0.629. The number of nitriles is 1. The molecule has 0 aromatic heterocycles. The molecular weight excluding hydrogens is 160 g/mol. The van der Waals surface area contributed by atoms with Gasteiger partial charge in [-0.25, -0.2) is 8.78 Å². The van der Waals surface area contributed by atoms with Crippen LogP contribution in [0.3, 0.4) is 0 Å². The molecule has 0 saturated heterocycles. The summed E-state index contributed by atoms with van der Waals surface area (Å²) in [6, 6.07) is 4.35. The molecular formula is C9H7F2N. The summed E-state index contributed by atoms with van der Waals surface area (Å²) in [7, 11) is 0. The van der Waals surface area contributed by atoms with Crippen LogP contribution in [0.4, 0.5) is 8.78 Å². The van der Waals surface area contributed by atoms with Crippen molar-refractivity contribution in [3.63, 3.8) is 0 Å². The zero-order valence-electron chi connectivity index (χ0n) is 6.56. The first-order valence-corrected chi connectivity index (χ1v) is 3.46. The zero-order valence-corrected chi connectivity index (χ0v) is 6.56. The molecule has 0 unspecified atom stereocenters. The molecule has 62 valence electrons. The Morgan fingerprint density at radius 3 is 2.67 bits per heavy atom. The van der Waals surface area contributed by atoms with Crippen LogP contribution >= 0.6 is 0 Å². The van der Waals surface area contributed by atoms with E-state index >= 15 is 0 Å². The Balaban J connectivity index is 3.20. The highest BCUT2D eigenvalue weighted by molar-refractivity contribution is 5.27. The molecule has 0 fully saturated rings. The van der Waals surface area contributed by atoms with Crippen molar-refractivity contribution in [1.29, 1.82) is 5.26 Å². The molecule has 0 heterocycles. The van der Waals surface area contributed by atoms with Gasteiger partial charge in [0.05, 0.1) is 12.5 Å². The molecule has 0 spiro atoms. The Labute approximate surface area is 69.2 Å². The third-order valence-electron chi connectivity index (χ3n) is 1.52. The third kappa shape index (κ3) is 1.59. The van der Waals surface area contributed by atoms with Gasteiger partial charge in [0.1, 0.15) is 0 Å². The van der Waals surface area contributed by atoms with E-state index in [9.17, 15) is 8.78 Å². The molecule has 0 atom stereocenters. The van der Waals surface area contributed by atoms with Gasteiger partial charge >= 0.3 is 0 Å². The summed E-state index contributed by atoms with van der Waals surface area (Å²) < 4.78 is 25.5. The first kappa shape index (κ1) is 8.66. The minimum absolute atomic E-state index is 0.0928. The highest BCUT2D eigenvalue weighted by Crippen LogP contribution is 2.14. The van der Waals surface area contributed by atoms with Crippen molar-refractivity contribution in [2.45, 2.75) is 13.3 Å². The average Bonchev–Trinajstić information content (AvgIpc) is 2.00. The first-order valence-electron chi connectivity index (χ1n) is 3.46. The number of rotatable bonds is 1. The standard InChI is InChI=1S/C9H7F2N/c1-6-4-7(2-3-12)9(11)8(10)5-6/h4-5H,2H2,1H3. The normalized spacial score (nSPS) is 9.50. The molecule has 1 aromatic carbocycles. The number of aryl methyl sites for hydroxylation is 1. The predicted octanol–water partition coefficient (Wildman–Crippen LogP) is 2.34. The average molecular weight is 167 g/mol. The molecule has 1 rings (SSSR count). The van der Waals surface area contributed by atoms with Gasteiger partial charge in [-0.05, 0) is 18.6 Å². The summed E-state index contributed by atoms with van der Waals surface area (Å²) in [5.41, 5.74) is 0.745. The summed E-state index contributed by atoms with van der Waals surface area (Å²) in [6.45, 7) is 1.66. The lowest BCUT2D eigenvalue weighted by Gasteiger charge is -2.00. The Morgan fingerprint density at radius 1 is 1.42 bits per heavy atom. The van der Waals surface area contributed by atoms with Crippen molar-refractivity contribution in [1.82, 2.24) is 0 Å². The summed E-state index contributed by atoms with van der Waals surface area (Å²) in [4.78, 5) is 0. The van der Waals surface area contributed by atoms with E-state index in [-0.39, 0.29) is 12.0 Å². The molecule has 12 heavy (non-hydrogen) atoms. The maximum Gasteiger partial charge on any atom is 0.163 e. The predicted molar refractivity (Wildman–Crippen MR) is 40.4 cm³/mol. The van der Waals surface area contributed by atoms with Gasteiger partial charge in [0.15, 0.2) is 11.6 Å². The fourth-order valence-corrected chi connectivity index (χ4v) is 1.01. The van der Waals surface area contributed by atoms with Gasteiger partial charge in [0.25, 0.3) is 0 Å². The van der Waals surface area contributed by atoms with Crippen LogP contribution in [0.25, 0.3) is 0 Å². The van der Waals surface area contributed by atoms with Crippen LogP contribution in [0.5, 0.6) is 0 Å². The number of hydrogen-bond donors (Lipinski definition) is 0. The Kier molecular flexibility index (Phi) is 2.39. The van der Waals surface area contributed by atoms with Gasteiger partial charge in [-0.15, -0.1) is 0 Å². The molecule has 0 amide bonds. The Bertz CT molecular complexity index is 339. The zero-order chi connectivity index (χ0) is 9.14. The molecule has 1 aromatic rings. The van der Waals surface area contributed by atoms with Crippen LogP contribution in [0, 0.1) is 29.9 Å². The van der Waals surface area contributed by atoms with Crippen LogP contribution in [-0.2, 0) is 6.42 Å². The lowest BCUT2D eigenvalue weighted by molar-refractivity contribution is 0.500. The van der Waals surface area contributed by atoms with E-state index in [0.29, 0.717) is 5.56 Å². The fraction of sp³-hybridized carbons (Fsp3) is 0.222. The van der Waals surface area contributed by atoms with Crippen LogP contribution in [0.2, 0.25) is 0 Å². The third-order valence-corrected chi connectivity index (χ3v) is 1.52. The lowest BCUT2D eigenvalue weighted by atomic mass is 10.1. The summed E-state index contributed by atoms with van der Waals surface area (Å²) in [6.07, 6.45) is -0.0928. The SMILES string of the molecule is Cc1cc(F)c(F)c(CC#N)c1. The van der Waals surface area contributed by atoms with Crippen LogP contribution < -0.4 is 0 Å². The Hall–Kier alpha value is -1.43. The minimum Gasteiger partial charge on any atom is -0.204 e. The maximum atomic E-state index is 12.8. The molecule has 0 saturated carbocycles. The van der Waals surface area contributed by atoms with Crippen LogP contribution in [-0.4, -0.2) is 0 Å². The largest absolute Gasteiger partial charge is 0.204 e. The van der Waals surface area contributed by atoms with Crippen molar-refractivity contribution < 1.29 is 8.78 Å². The Morgan fingerprint density at radius 2 is 2.08 bits per heavy atom. The summed E-state index contributed by atoms with van der Waals surface area (Å²) in [5.74, 6) is -1.80. The topological polar surface area (TPSA) is 23.8 Å². The van der Waals surface area contributed by atoms with Crippen LogP contribution in [0.1, 0.15) is 11.1 Å². The van der Waals surface area contributed by atoms with Crippen molar-refractivity contribution >= 4 is 0 Å². The van der Waals surface area contributed by atoms with Gasteiger partial charge in [0, 0.05) is 5.56 Å². The number of hydrogen-bond acceptors (Lipinski definition) is 1. The van der Waals surface area contributed by atoms with Crippen molar-refractivity contribution in [3.8, 4) is 6.07 Å². The molecule has 0 N–H and O–H groups in total. The molecule has 1 nitrogen and oxygen atoms in total. The molecule has 0 bridgehead atoms. The van der Waals surface area contributed by atoms with Gasteiger partial charge in [-0.1, -0.05) is 6.07 Å². The number of nitrogens with zero attached hydrogens (tertiary/aromatic N) is 1. The fourth-order valence-electron chi connectivity index (χ4n) is 1.01. The van der Waals surface area contributed by atoms with Gasteiger partial charge in [-0.3, -0.25) is 0 Å². The van der Waals surface area contributed by atoms with E-state index in [0.717, 1.165) is 6.07 Å². The minimum atomic E-state index is -0.915. The van der Waals surface area contributed by atoms with Crippen molar-refractivity contribution in [2.24, 2.45) is 0 Å². The van der Waals surface area contributed by atoms with E-state index < -0.39 is 11.6 Å². The first-order chi connectivity index (χ1) is 5.65. The molecule has 0 aliphatic rings. The highest BCUT2D eigenvalue weighted by atomic mass is 19.2. The van der Waals surface area contributed by atoms with Gasteiger partial charge < -0.3 is 0 Å². The van der Waals surface area contributed by atoms with E-state index in [2.05, 4.69) is 0 Å².